The lowest BCUT2D eigenvalue weighted by atomic mass is 9.91. The smallest absolute Gasteiger partial charge is 0.226 e. The summed E-state index contributed by atoms with van der Waals surface area (Å²) in [6.07, 6.45) is 4.93. The highest BCUT2D eigenvalue weighted by Gasteiger charge is 2.30. The number of rotatable bonds is 3. The van der Waals surface area contributed by atoms with Crippen LogP contribution in [0.5, 0.6) is 5.75 Å². The number of hydrogen-bond donors (Lipinski definition) is 1. The average Bonchev–Trinajstić information content (AvgIpc) is 2.99. The zero-order valence-corrected chi connectivity index (χ0v) is 12.0. The molecule has 1 saturated heterocycles. The van der Waals surface area contributed by atoms with Crippen LogP contribution in [0.4, 0.5) is 0 Å². The van der Waals surface area contributed by atoms with Gasteiger partial charge in [-0.25, -0.2) is 0 Å². The fraction of sp³-hybridized carbons (Fsp3) is 0.438. The van der Waals surface area contributed by atoms with Crippen molar-refractivity contribution in [3.05, 3.63) is 52.5 Å². The number of hydrogen-bond acceptors (Lipinski definition) is 5. The van der Waals surface area contributed by atoms with E-state index in [1.807, 2.05) is 12.1 Å². The van der Waals surface area contributed by atoms with Gasteiger partial charge in [-0.2, -0.15) is 0 Å². The molecular weight excluding hydrogens is 270 g/mol. The summed E-state index contributed by atoms with van der Waals surface area (Å²) in [7, 11) is 0. The van der Waals surface area contributed by atoms with Crippen LogP contribution in [0.15, 0.2) is 44.4 Å². The highest BCUT2D eigenvalue weighted by molar-refractivity contribution is 5.16. The maximum Gasteiger partial charge on any atom is 0.226 e. The monoisotopic (exact) mass is 289 g/mol. The van der Waals surface area contributed by atoms with Crippen LogP contribution in [-0.4, -0.2) is 16.6 Å². The second-order valence-corrected chi connectivity index (χ2v) is 5.73. The molecule has 3 rings (SSSR count). The van der Waals surface area contributed by atoms with E-state index in [2.05, 4.69) is 11.8 Å². The van der Waals surface area contributed by atoms with Crippen molar-refractivity contribution in [3.8, 4) is 5.75 Å². The second-order valence-electron chi connectivity index (χ2n) is 5.73. The van der Waals surface area contributed by atoms with E-state index in [4.69, 9.17) is 8.83 Å². The molecule has 5 heteroatoms. The van der Waals surface area contributed by atoms with Crippen molar-refractivity contribution in [2.24, 2.45) is 5.92 Å². The first-order valence-corrected chi connectivity index (χ1v) is 7.21. The maximum atomic E-state index is 11.5. The van der Waals surface area contributed by atoms with E-state index in [1.54, 1.807) is 6.26 Å². The third-order valence-corrected chi connectivity index (χ3v) is 4.07. The molecule has 2 atom stereocenters. The van der Waals surface area contributed by atoms with Crippen LogP contribution in [0.2, 0.25) is 0 Å². The van der Waals surface area contributed by atoms with Crippen molar-refractivity contribution in [3.63, 3.8) is 0 Å². The van der Waals surface area contributed by atoms with Crippen molar-refractivity contribution in [1.82, 2.24) is 4.90 Å². The lowest BCUT2D eigenvalue weighted by Crippen LogP contribution is -2.35. The van der Waals surface area contributed by atoms with E-state index in [1.165, 1.54) is 6.07 Å². The summed E-state index contributed by atoms with van der Waals surface area (Å²) in [6.45, 7) is 3.71. The highest BCUT2D eigenvalue weighted by Crippen LogP contribution is 2.35. The first-order chi connectivity index (χ1) is 10.1. The van der Waals surface area contributed by atoms with Gasteiger partial charge < -0.3 is 13.9 Å². The van der Waals surface area contributed by atoms with Gasteiger partial charge in [-0.15, -0.1) is 0 Å². The molecule has 0 spiro atoms. The van der Waals surface area contributed by atoms with Gasteiger partial charge in [-0.3, -0.25) is 9.69 Å². The quantitative estimate of drug-likeness (QED) is 0.941. The van der Waals surface area contributed by atoms with E-state index in [0.29, 0.717) is 18.2 Å². The van der Waals surface area contributed by atoms with E-state index in [0.717, 1.165) is 31.4 Å². The van der Waals surface area contributed by atoms with Crippen LogP contribution in [0, 0.1) is 5.92 Å². The summed E-state index contributed by atoms with van der Waals surface area (Å²) in [5.41, 5.74) is -0.406. The molecule has 0 bridgehead atoms. The Labute approximate surface area is 122 Å². The van der Waals surface area contributed by atoms with Gasteiger partial charge in [0.05, 0.1) is 18.8 Å². The van der Waals surface area contributed by atoms with Gasteiger partial charge in [0.2, 0.25) is 5.43 Å². The molecule has 2 aromatic rings. The average molecular weight is 289 g/mol. The summed E-state index contributed by atoms with van der Waals surface area (Å²) in [6, 6.07) is 5.44. The van der Waals surface area contributed by atoms with Gasteiger partial charge >= 0.3 is 0 Å². The van der Waals surface area contributed by atoms with Crippen LogP contribution < -0.4 is 5.43 Å². The number of piperidine rings is 1. The molecule has 1 aliphatic rings. The number of furan rings is 1. The molecular formula is C16H19NO4. The predicted molar refractivity (Wildman–Crippen MR) is 76.9 cm³/mol. The Kier molecular flexibility index (Phi) is 3.84. The minimum atomic E-state index is -0.406. The maximum absolute atomic E-state index is 11.5. The van der Waals surface area contributed by atoms with Gasteiger partial charge in [-0.05, 0) is 37.4 Å². The molecule has 1 N–H and O–H groups in total. The van der Waals surface area contributed by atoms with Crippen molar-refractivity contribution < 1.29 is 13.9 Å². The Morgan fingerprint density at radius 2 is 2.29 bits per heavy atom. The molecule has 0 amide bonds. The molecule has 0 aliphatic carbocycles. The lowest BCUT2D eigenvalue weighted by molar-refractivity contribution is 0.0865. The first kappa shape index (κ1) is 13.9. The van der Waals surface area contributed by atoms with Crippen LogP contribution in [-0.2, 0) is 6.54 Å². The predicted octanol–water partition coefficient (Wildman–Crippen LogP) is 2.91. The van der Waals surface area contributed by atoms with E-state index in [-0.39, 0.29) is 11.8 Å². The topological polar surface area (TPSA) is 66.8 Å². The number of aromatic hydroxyl groups is 1. The fourth-order valence-corrected chi connectivity index (χ4v) is 2.88. The van der Waals surface area contributed by atoms with Crippen LogP contribution in [0.3, 0.4) is 0 Å². The zero-order valence-electron chi connectivity index (χ0n) is 12.0. The summed E-state index contributed by atoms with van der Waals surface area (Å²) < 4.78 is 10.9. The number of nitrogens with zero attached hydrogens (tertiary/aromatic N) is 1. The van der Waals surface area contributed by atoms with Gasteiger partial charge in [0.25, 0.3) is 0 Å². The molecule has 112 valence electrons. The summed E-state index contributed by atoms with van der Waals surface area (Å²) >= 11 is 0. The Balaban J connectivity index is 1.81. The largest absolute Gasteiger partial charge is 0.502 e. The van der Waals surface area contributed by atoms with Crippen molar-refractivity contribution in [1.29, 1.82) is 0 Å². The second kappa shape index (κ2) is 5.77. The van der Waals surface area contributed by atoms with E-state index >= 15 is 0 Å². The molecule has 3 heterocycles. The zero-order chi connectivity index (χ0) is 14.8. The van der Waals surface area contributed by atoms with Gasteiger partial charge in [0, 0.05) is 6.07 Å². The lowest BCUT2D eigenvalue weighted by Gasteiger charge is -2.36. The van der Waals surface area contributed by atoms with Crippen molar-refractivity contribution >= 4 is 0 Å². The normalized spacial score (nSPS) is 23.3. The molecule has 1 aliphatic heterocycles. The summed E-state index contributed by atoms with van der Waals surface area (Å²) in [4.78, 5) is 13.8. The molecule has 2 aromatic heterocycles. The minimum absolute atomic E-state index is 0.197. The van der Waals surface area contributed by atoms with Gasteiger partial charge in [0.15, 0.2) is 5.75 Å². The Hall–Kier alpha value is -2.01. The van der Waals surface area contributed by atoms with Crippen molar-refractivity contribution in [2.75, 3.05) is 6.54 Å². The van der Waals surface area contributed by atoms with Crippen molar-refractivity contribution in [2.45, 2.75) is 32.4 Å². The molecule has 5 nitrogen and oxygen atoms in total. The molecule has 1 fully saturated rings. The summed E-state index contributed by atoms with van der Waals surface area (Å²) in [5.74, 6) is 1.79. The number of likely N-dealkylation sites (tertiary alicyclic amines) is 1. The molecule has 0 radical (unpaired) electrons. The Morgan fingerprint density at radius 1 is 1.43 bits per heavy atom. The third kappa shape index (κ3) is 3.03. The van der Waals surface area contributed by atoms with E-state index < -0.39 is 5.43 Å². The Bertz CT molecular complexity index is 647. The Morgan fingerprint density at radius 3 is 3.00 bits per heavy atom. The molecule has 0 aromatic carbocycles. The highest BCUT2D eigenvalue weighted by atomic mass is 16.4. The third-order valence-electron chi connectivity index (χ3n) is 4.07. The minimum Gasteiger partial charge on any atom is -0.502 e. The molecule has 0 saturated carbocycles. The molecule has 0 unspecified atom stereocenters. The molecule has 21 heavy (non-hydrogen) atoms. The standard InChI is InChI=1S/C16H19NO4/c1-11-4-5-17(13(7-11)16-3-2-6-20-16)9-12-8-14(18)15(19)10-21-12/h2-3,6,8,10-11,13,19H,4-5,7,9H2,1H3/t11-,13+/m0/s1. The first-order valence-electron chi connectivity index (χ1n) is 7.21. The summed E-state index contributed by atoms with van der Waals surface area (Å²) in [5, 5.41) is 9.25. The SMILES string of the molecule is C[C@H]1CCN(Cc2cc(=O)c(O)co2)[C@@H](c2ccco2)C1. The van der Waals surface area contributed by atoms with Crippen LogP contribution >= 0.6 is 0 Å². The van der Waals surface area contributed by atoms with Crippen LogP contribution in [0.1, 0.15) is 37.3 Å². The fourth-order valence-electron chi connectivity index (χ4n) is 2.88. The van der Waals surface area contributed by atoms with Crippen LogP contribution in [0.25, 0.3) is 0 Å². The van der Waals surface area contributed by atoms with Gasteiger partial charge in [-0.1, -0.05) is 6.92 Å². The van der Waals surface area contributed by atoms with Gasteiger partial charge in [0.1, 0.15) is 17.8 Å². The van der Waals surface area contributed by atoms with E-state index in [9.17, 15) is 9.90 Å².